The molecule has 220 valence electrons. The summed E-state index contributed by atoms with van der Waals surface area (Å²) in [6.45, 7) is 0. The van der Waals surface area contributed by atoms with Crippen molar-refractivity contribution in [3.8, 4) is 33.4 Å². The highest BCUT2D eigenvalue weighted by molar-refractivity contribution is 9.10. The van der Waals surface area contributed by atoms with Crippen LogP contribution in [0.1, 0.15) is 32.6 Å². The number of aromatic nitrogens is 1. The average molecular weight is 665 g/mol. The van der Waals surface area contributed by atoms with Crippen LogP contribution in [-0.4, -0.2) is 10.5 Å². The van der Waals surface area contributed by atoms with Crippen LogP contribution < -0.4 is 0 Å². The summed E-state index contributed by atoms with van der Waals surface area (Å²) in [5, 5.41) is 2.14. The van der Waals surface area contributed by atoms with Gasteiger partial charge in [0.15, 0.2) is 0 Å². The molecule has 0 unspecified atom stereocenters. The number of hydrogen-bond donors (Lipinski definition) is 0. The van der Waals surface area contributed by atoms with Crippen molar-refractivity contribution in [2.24, 2.45) is 0 Å². The molecule has 1 aromatic heterocycles. The van der Waals surface area contributed by atoms with Gasteiger partial charge in [0.2, 0.25) is 0 Å². The summed E-state index contributed by atoms with van der Waals surface area (Å²) in [5.41, 5.74) is 14.2. The molecule has 0 saturated heterocycles. The number of fused-ring (bicyclic) bond motifs is 14. The number of carbonyl (C=O) groups is 1. The summed E-state index contributed by atoms with van der Waals surface area (Å²) in [7, 11) is 0. The fourth-order valence-corrected chi connectivity index (χ4v) is 8.91. The summed E-state index contributed by atoms with van der Waals surface area (Å²) in [4.78, 5) is 14.9. The van der Waals surface area contributed by atoms with Crippen molar-refractivity contribution in [3.05, 3.63) is 190 Å². The molecule has 0 aliphatic heterocycles. The number of hydrogen-bond acceptors (Lipinski definition) is 1. The lowest BCUT2D eigenvalue weighted by Crippen LogP contribution is -2.25. The fraction of sp³-hybridized carbons (Fsp3) is 0.0227. The first-order valence-electron chi connectivity index (χ1n) is 15.9. The first kappa shape index (κ1) is 26.7. The Morgan fingerprint density at radius 2 is 1.11 bits per heavy atom. The number of benzene rings is 7. The van der Waals surface area contributed by atoms with Gasteiger partial charge in [-0.25, -0.2) is 0 Å². The van der Waals surface area contributed by atoms with E-state index in [1.54, 1.807) is 0 Å². The summed E-state index contributed by atoms with van der Waals surface area (Å²) in [6.07, 6.45) is 0. The molecule has 0 saturated carbocycles. The third kappa shape index (κ3) is 3.42. The van der Waals surface area contributed by atoms with Gasteiger partial charge in [-0.1, -0.05) is 133 Å². The average Bonchev–Trinajstić information content (AvgIpc) is 3.73. The van der Waals surface area contributed by atoms with Crippen LogP contribution >= 0.6 is 15.9 Å². The van der Waals surface area contributed by atoms with Gasteiger partial charge in [0.1, 0.15) is 0 Å². The highest BCUT2D eigenvalue weighted by atomic mass is 79.9. The van der Waals surface area contributed by atoms with Crippen LogP contribution in [-0.2, 0) is 5.41 Å². The van der Waals surface area contributed by atoms with Crippen LogP contribution in [0.2, 0.25) is 0 Å². The Hall–Kier alpha value is -5.51. The van der Waals surface area contributed by atoms with Gasteiger partial charge in [-0.15, -0.1) is 0 Å². The standard InChI is InChI=1S/C44H26BrNO/c45-39-21-11-7-17-33(39)43(47)46-40-25-22-28(27-12-2-1-3-13-27)26-34(40)31-23-24-38-41(42(31)46)32-16-6-10-20-37(32)44(38)35-18-8-4-14-29(35)30-15-5-9-19-36(30)44/h1-26H. The van der Waals surface area contributed by atoms with Gasteiger partial charge < -0.3 is 0 Å². The van der Waals surface area contributed by atoms with Gasteiger partial charge in [-0.3, -0.25) is 9.36 Å². The molecular weight excluding hydrogens is 638 g/mol. The largest absolute Gasteiger partial charge is 0.275 e. The second-order valence-electron chi connectivity index (χ2n) is 12.5. The molecule has 2 aliphatic carbocycles. The van der Waals surface area contributed by atoms with Gasteiger partial charge in [0.05, 0.1) is 22.0 Å². The quantitative estimate of drug-likeness (QED) is 0.180. The molecule has 2 nitrogen and oxygen atoms in total. The first-order chi connectivity index (χ1) is 23.2. The normalized spacial score (nSPS) is 13.5. The third-order valence-electron chi connectivity index (χ3n) is 10.3. The maximum atomic E-state index is 14.9. The molecule has 10 rings (SSSR count). The minimum absolute atomic E-state index is 0.0519. The van der Waals surface area contributed by atoms with Crippen molar-refractivity contribution >= 4 is 43.6 Å². The second kappa shape index (κ2) is 9.75. The lowest BCUT2D eigenvalue weighted by Gasteiger charge is -2.30. The monoisotopic (exact) mass is 663 g/mol. The molecule has 2 aliphatic rings. The Morgan fingerprint density at radius 3 is 1.81 bits per heavy atom. The molecule has 0 amide bonds. The third-order valence-corrected chi connectivity index (χ3v) is 11.0. The highest BCUT2D eigenvalue weighted by Crippen LogP contribution is 2.64. The molecule has 8 aromatic rings. The van der Waals surface area contributed by atoms with E-state index in [2.05, 4.69) is 143 Å². The minimum atomic E-state index is -0.486. The van der Waals surface area contributed by atoms with Crippen LogP contribution in [0.4, 0.5) is 0 Å². The smallest absolute Gasteiger partial charge is 0.264 e. The van der Waals surface area contributed by atoms with E-state index >= 15 is 0 Å². The molecule has 3 heteroatoms. The van der Waals surface area contributed by atoms with Crippen LogP contribution in [0, 0.1) is 0 Å². The molecule has 7 aromatic carbocycles. The van der Waals surface area contributed by atoms with Crippen LogP contribution in [0.3, 0.4) is 0 Å². The molecule has 0 bridgehead atoms. The summed E-state index contributed by atoms with van der Waals surface area (Å²) in [6, 6.07) is 55.8. The van der Waals surface area contributed by atoms with Crippen molar-refractivity contribution in [1.82, 2.24) is 4.57 Å². The molecule has 0 atom stereocenters. The van der Waals surface area contributed by atoms with Gasteiger partial charge in [0, 0.05) is 20.8 Å². The predicted octanol–water partition coefficient (Wildman–Crippen LogP) is 11.3. The summed E-state index contributed by atoms with van der Waals surface area (Å²) >= 11 is 3.69. The van der Waals surface area contributed by atoms with Crippen LogP contribution in [0.15, 0.2) is 162 Å². The van der Waals surface area contributed by atoms with Crippen molar-refractivity contribution in [2.45, 2.75) is 5.41 Å². The fourth-order valence-electron chi connectivity index (χ4n) is 8.46. The molecule has 0 fully saturated rings. The Labute approximate surface area is 280 Å². The van der Waals surface area contributed by atoms with E-state index in [0.717, 1.165) is 43.0 Å². The molecule has 47 heavy (non-hydrogen) atoms. The lowest BCUT2D eigenvalue weighted by atomic mass is 9.70. The van der Waals surface area contributed by atoms with Crippen molar-refractivity contribution in [3.63, 3.8) is 0 Å². The molecule has 1 spiro atoms. The number of rotatable bonds is 2. The van der Waals surface area contributed by atoms with Crippen molar-refractivity contribution in [1.29, 1.82) is 0 Å². The van der Waals surface area contributed by atoms with E-state index in [4.69, 9.17) is 0 Å². The Balaban J connectivity index is 1.38. The Kier molecular flexibility index (Phi) is 5.53. The zero-order valence-corrected chi connectivity index (χ0v) is 26.8. The summed E-state index contributed by atoms with van der Waals surface area (Å²) < 4.78 is 2.75. The maximum absolute atomic E-state index is 14.9. The van der Waals surface area contributed by atoms with E-state index in [0.29, 0.717) is 5.56 Å². The van der Waals surface area contributed by atoms with Gasteiger partial charge in [-0.05, 0) is 90.3 Å². The highest BCUT2D eigenvalue weighted by Gasteiger charge is 2.52. The zero-order chi connectivity index (χ0) is 31.3. The number of nitrogens with zero attached hydrogens (tertiary/aromatic N) is 1. The van der Waals surface area contributed by atoms with E-state index < -0.39 is 5.41 Å². The van der Waals surface area contributed by atoms with E-state index in [9.17, 15) is 4.79 Å². The molecule has 0 radical (unpaired) electrons. The van der Waals surface area contributed by atoms with Gasteiger partial charge in [0.25, 0.3) is 5.91 Å². The second-order valence-corrected chi connectivity index (χ2v) is 13.3. The van der Waals surface area contributed by atoms with Gasteiger partial charge >= 0.3 is 0 Å². The summed E-state index contributed by atoms with van der Waals surface area (Å²) in [5.74, 6) is -0.0519. The van der Waals surface area contributed by atoms with E-state index in [1.165, 1.54) is 38.9 Å². The van der Waals surface area contributed by atoms with Gasteiger partial charge in [-0.2, -0.15) is 0 Å². The minimum Gasteiger partial charge on any atom is -0.275 e. The Bertz CT molecular complexity index is 2570. The Morgan fingerprint density at radius 1 is 0.511 bits per heavy atom. The lowest BCUT2D eigenvalue weighted by molar-refractivity contribution is 0.0969. The number of halogens is 1. The predicted molar refractivity (Wildman–Crippen MR) is 195 cm³/mol. The maximum Gasteiger partial charge on any atom is 0.264 e. The van der Waals surface area contributed by atoms with E-state index in [-0.39, 0.29) is 5.91 Å². The SMILES string of the molecule is O=C(c1ccccc1Br)n1c2ccc(-c3ccccc3)cc2c2ccc3c(c21)-c1ccccc1C31c2ccccc2-c2ccccc21. The molecule has 0 N–H and O–H groups in total. The first-order valence-corrected chi connectivity index (χ1v) is 16.7. The zero-order valence-electron chi connectivity index (χ0n) is 25.2. The van der Waals surface area contributed by atoms with Crippen LogP contribution in [0.25, 0.3) is 55.2 Å². The van der Waals surface area contributed by atoms with E-state index in [1.807, 2.05) is 34.9 Å². The number of carbonyl (C=O) groups excluding carboxylic acids is 1. The topological polar surface area (TPSA) is 22.0 Å². The molecule has 1 heterocycles. The van der Waals surface area contributed by atoms with Crippen LogP contribution in [0.5, 0.6) is 0 Å². The van der Waals surface area contributed by atoms with Crippen molar-refractivity contribution in [2.75, 3.05) is 0 Å². The molecular formula is C44H26BrNO. The van der Waals surface area contributed by atoms with Crippen molar-refractivity contribution < 1.29 is 4.79 Å².